The Kier molecular flexibility index (Phi) is 8.90. The highest BCUT2D eigenvalue weighted by Crippen LogP contribution is 2.34. The van der Waals surface area contributed by atoms with E-state index in [0.717, 1.165) is 24.7 Å². The molecule has 0 aliphatic carbocycles. The van der Waals surface area contributed by atoms with E-state index >= 15 is 0 Å². The quantitative estimate of drug-likeness (QED) is 0.196. The summed E-state index contributed by atoms with van der Waals surface area (Å²) in [7, 11) is 0. The summed E-state index contributed by atoms with van der Waals surface area (Å²) in [5.74, 6) is 1.16. The number of ether oxygens (including phenoxy) is 2. The molecule has 1 amide bonds. The third-order valence-electron chi connectivity index (χ3n) is 4.24. The van der Waals surface area contributed by atoms with Gasteiger partial charge in [0.2, 0.25) is 5.91 Å². The fourth-order valence-electron chi connectivity index (χ4n) is 2.80. The lowest BCUT2D eigenvalue weighted by molar-refractivity contribution is -0.120. The maximum Gasteiger partial charge on any atom is 0.244 e. The molecule has 160 valence electrons. The van der Waals surface area contributed by atoms with Crippen molar-refractivity contribution in [3.63, 3.8) is 0 Å². The van der Waals surface area contributed by atoms with E-state index in [1.54, 1.807) is 6.21 Å². The van der Waals surface area contributed by atoms with Gasteiger partial charge in [0.25, 0.3) is 0 Å². The Hall–Kier alpha value is -2.39. The van der Waals surface area contributed by atoms with Gasteiger partial charge in [-0.2, -0.15) is 5.10 Å². The largest absolute Gasteiger partial charge is 0.490 e. The lowest BCUT2D eigenvalue weighted by Crippen LogP contribution is -2.19. The van der Waals surface area contributed by atoms with Crippen LogP contribution in [0.1, 0.15) is 23.6 Å². The summed E-state index contributed by atoms with van der Waals surface area (Å²) in [4.78, 5) is 12.1. The number of hydrogen-bond donors (Lipinski definition) is 1. The lowest BCUT2D eigenvalue weighted by atomic mass is 10.1. The molecule has 0 aromatic heterocycles. The zero-order chi connectivity index (χ0) is 22.1. The van der Waals surface area contributed by atoms with E-state index in [1.165, 1.54) is 0 Å². The topological polar surface area (TPSA) is 59.9 Å². The van der Waals surface area contributed by atoms with Crippen molar-refractivity contribution in [2.45, 2.75) is 20.0 Å². The molecule has 0 heterocycles. The van der Waals surface area contributed by atoms with Gasteiger partial charge < -0.3 is 9.47 Å². The van der Waals surface area contributed by atoms with Crippen molar-refractivity contribution < 1.29 is 14.3 Å². The fraction of sp³-hybridized carbons (Fsp3) is 0.167. The van der Waals surface area contributed by atoms with Crippen LogP contribution in [0.3, 0.4) is 0 Å². The third kappa shape index (κ3) is 7.36. The van der Waals surface area contributed by atoms with Gasteiger partial charge in [-0.05, 0) is 70.5 Å². The average molecular weight is 593 g/mol. The highest BCUT2D eigenvalue weighted by Gasteiger charge is 2.12. The van der Waals surface area contributed by atoms with Crippen LogP contribution in [0.4, 0.5) is 0 Å². The van der Waals surface area contributed by atoms with Gasteiger partial charge in [-0.25, -0.2) is 5.43 Å². The first-order chi connectivity index (χ1) is 15.0. The first kappa shape index (κ1) is 23.3. The minimum absolute atomic E-state index is 0.180. The molecule has 0 fully saturated rings. The third-order valence-corrected chi connectivity index (χ3v) is 5.57. The zero-order valence-electron chi connectivity index (χ0n) is 17.0. The monoisotopic (exact) mass is 592 g/mol. The number of rotatable bonds is 9. The van der Waals surface area contributed by atoms with Gasteiger partial charge in [0.05, 0.1) is 22.8 Å². The van der Waals surface area contributed by atoms with E-state index in [9.17, 15) is 4.79 Å². The maximum atomic E-state index is 12.1. The molecule has 3 rings (SSSR count). The molecule has 0 atom stereocenters. The minimum Gasteiger partial charge on any atom is -0.490 e. The summed E-state index contributed by atoms with van der Waals surface area (Å²) in [6.07, 6.45) is 1.86. The second-order valence-electron chi connectivity index (χ2n) is 6.63. The van der Waals surface area contributed by atoms with E-state index < -0.39 is 0 Å². The molecule has 0 radical (unpaired) electrons. The average Bonchev–Trinajstić information content (AvgIpc) is 2.76. The molecule has 0 saturated heterocycles. The molecule has 1 N–H and O–H groups in total. The second kappa shape index (κ2) is 11.9. The Labute approximate surface area is 204 Å². The van der Waals surface area contributed by atoms with Crippen molar-refractivity contribution in [1.82, 2.24) is 5.43 Å². The summed E-state index contributed by atoms with van der Waals surface area (Å²) >= 11 is 5.60. The Bertz CT molecular complexity index is 1040. The van der Waals surface area contributed by atoms with Crippen molar-refractivity contribution in [3.8, 4) is 11.5 Å². The van der Waals surface area contributed by atoms with Crippen LogP contribution in [0.15, 0.2) is 76.3 Å². The van der Waals surface area contributed by atoms with Crippen molar-refractivity contribution in [3.05, 3.63) is 91.5 Å². The summed E-state index contributed by atoms with van der Waals surface area (Å²) in [5.41, 5.74) is 5.38. The lowest BCUT2D eigenvalue weighted by Gasteiger charge is -2.14. The molecule has 0 aliphatic rings. The number of halogens is 2. The molecule has 0 unspecified atom stereocenters. The van der Waals surface area contributed by atoms with Crippen LogP contribution >= 0.6 is 38.5 Å². The number of hydrogen-bond acceptors (Lipinski definition) is 4. The molecule has 5 nitrogen and oxygen atoms in total. The van der Waals surface area contributed by atoms with Crippen LogP contribution in [0, 0.1) is 3.57 Å². The second-order valence-corrected chi connectivity index (χ2v) is 8.71. The van der Waals surface area contributed by atoms with E-state index in [2.05, 4.69) is 49.0 Å². The number of hydrazone groups is 1. The van der Waals surface area contributed by atoms with Gasteiger partial charge in [0.15, 0.2) is 11.5 Å². The zero-order valence-corrected chi connectivity index (χ0v) is 20.7. The molecule has 31 heavy (non-hydrogen) atoms. The summed E-state index contributed by atoms with van der Waals surface area (Å²) in [6.45, 7) is 2.90. The number of amides is 1. The Balaban J connectivity index is 1.65. The van der Waals surface area contributed by atoms with Crippen LogP contribution in [0.25, 0.3) is 0 Å². The smallest absolute Gasteiger partial charge is 0.244 e. The van der Waals surface area contributed by atoms with E-state index in [-0.39, 0.29) is 12.3 Å². The first-order valence-corrected chi connectivity index (χ1v) is 11.6. The normalized spacial score (nSPS) is 10.8. The maximum absolute atomic E-state index is 12.1. The van der Waals surface area contributed by atoms with Crippen molar-refractivity contribution in [2.24, 2.45) is 5.10 Å². The molecular weight excluding hydrogens is 571 g/mol. The Morgan fingerprint density at radius 3 is 2.52 bits per heavy atom. The van der Waals surface area contributed by atoms with E-state index in [4.69, 9.17) is 9.47 Å². The van der Waals surface area contributed by atoms with Crippen LogP contribution in [0.5, 0.6) is 11.5 Å². The number of carbonyl (C=O) groups is 1. The van der Waals surface area contributed by atoms with Gasteiger partial charge in [-0.15, -0.1) is 0 Å². The number of nitrogens with zero attached hydrogens (tertiary/aromatic N) is 1. The first-order valence-electron chi connectivity index (χ1n) is 9.74. The van der Waals surface area contributed by atoms with Crippen LogP contribution in [-0.2, 0) is 17.8 Å². The van der Waals surface area contributed by atoms with Gasteiger partial charge >= 0.3 is 0 Å². The number of benzene rings is 3. The fourth-order valence-corrected chi connectivity index (χ4v) is 3.85. The Morgan fingerprint density at radius 1 is 1.06 bits per heavy atom. The molecule has 0 aliphatic heterocycles. The van der Waals surface area contributed by atoms with Crippen molar-refractivity contribution >= 4 is 50.6 Å². The molecule has 0 bridgehead atoms. The van der Waals surface area contributed by atoms with Crippen molar-refractivity contribution in [2.75, 3.05) is 6.61 Å². The molecular formula is C24H22BrIN2O3. The van der Waals surface area contributed by atoms with Gasteiger partial charge in [-0.3, -0.25) is 4.79 Å². The standard InChI is InChI=1S/C24H22BrIN2O3/c1-2-30-22-13-19(12-21(26)24(22)31-16-18-6-4-3-5-7-18)15-27-28-23(29)14-17-8-10-20(25)11-9-17/h3-13,15H,2,14,16H2,1H3,(H,28,29)/b27-15-. The highest BCUT2D eigenvalue weighted by atomic mass is 127. The van der Waals surface area contributed by atoms with Crippen LogP contribution in [0.2, 0.25) is 0 Å². The molecule has 3 aromatic carbocycles. The molecule has 0 saturated carbocycles. The molecule has 0 spiro atoms. The van der Waals surface area contributed by atoms with Crippen LogP contribution in [-0.4, -0.2) is 18.7 Å². The van der Waals surface area contributed by atoms with Gasteiger partial charge in [0.1, 0.15) is 6.61 Å². The molecule has 7 heteroatoms. The van der Waals surface area contributed by atoms with Crippen LogP contribution < -0.4 is 14.9 Å². The Morgan fingerprint density at radius 2 is 1.81 bits per heavy atom. The van der Waals surface area contributed by atoms with E-state index in [1.807, 2.05) is 73.7 Å². The number of carbonyl (C=O) groups excluding carboxylic acids is 1. The summed E-state index contributed by atoms with van der Waals surface area (Å²) in [5, 5.41) is 4.09. The van der Waals surface area contributed by atoms with Gasteiger partial charge in [-0.1, -0.05) is 58.4 Å². The van der Waals surface area contributed by atoms with Gasteiger partial charge in [0, 0.05) is 4.47 Å². The number of nitrogens with one attached hydrogen (secondary N) is 1. The molecule has 3 aromatic rings. The SMILES string of the molecule is CCOc1cc(/C=N\NC(=O)Cc2ccc(Br)cc2)cc(I)c1OCc1ccccc1. The van der Waals surface area contributed by atoms with E-state index in [0.29, 0.717) is 24.7 Å². The summed E-state index contributed by atoms with van der Waals surface area (Å²) in [6, 6.07) is 21.4. The minimum atomic E-state index is -0.180. The highest BCUT2D eigenvalue weighted by molar-refractivity contribution is 14.1. The summed E-state index contributed by atoms with van der Waals surface area (Å²) < 4.78 is 13.7. The van der Waals surface area contributed by atoms with Crippen molar-refractivity contribution in [1.29, 1.82) is 0 Å². The predicted octanol–water partition coefficient (Wildman–Crippen LogP) is 5.72. The predicted molar refractivity (Wildman–Crippen MR) is 135 cm³/mol.